The van der Waals surface area contributed by atoms with E-state index in [1.54, 1.807) is 26.0 Å². The zero-order valence-electron chi connectivity index (χ0n) is 9.58. The molecule has 1 aliphatic rings. The number of allylic oxidation sites excluding steroid dienone is 1. The summed E-state index contributed by atoms with van der Waals surface area (Å²) >= 11 is 0. The molecule has 5 heteroatoms. The van der Waals surface area contributed by atoms with Crippen LogP contribution in [0.4, 0.5) is 0 Å². The minimum atomic E-state index is -1.27. The summed E-state index contributed by atoms with van der Waals surface area (Å²) in [4.78, 5) is 11.7. The Morgan fingerprint density at radius 2 is 2.12 bits per heavy atom. The number of aliphatic hydroxyl groups is 2. The Bertz CT molecular complexity index is 502. The van der Waals surface area contributed by atoms with Gasteiger partial charge in [0, 0.05) is 6.07 Å². The van der Waals surface area contributed by atoms with Gasteiger partial charge < -0.3 is 19.4 Å². The van der Waals surface area contributed by atoms with Crippen molar-refractivity contribution in [1.82, 2.24) is 0 Å². The van der Waals surface area contributed by atoms with Crippen LogP contribution in [0.2, 0.25) is 0 Å². The van der Waals surface area contributed by atoms with Crippen molar-refractivity contribution >= 4 is 6.08 Å². The molecule has 92 valence electrons. The lowest BCUT2D eigenvalue weighted by Gasteiger charge is -2.31. The van der Waals surface area contributed by atoms with E-state index in [0.717, 1.165) is 0 Å². The van der Waals surface area contributed by atoms with Gasteiger partial charge in [-0.05, 0) is 19.9 Å². The van der Waals surface area contributed by atoms with Crippen LogP contribution in [0.15, 0.2) is 21.4 Å². The molecule has 0 amide bonds. The van der Waals surface area contributed by atoms with Crippen LogP contribution < -0.4 is 10.4 Å². The van der Waals surface area contributed by atoms with E-state index in [2.05, 4.69) is 0 Å². The van der Waals surface area contributed by atoms with Crippen molar-refractivity contribution in [3.05, 3.63) is 33.9 Å². The molecular weight excluding hydrogens is 224 g/mol. The molecule has 1 aromatic rings. The minimum Gasteiger partial charge on any atom is -0.487 e. The molecule has 2 rings (SSSR count). The van der Waals surface area contributed by atoms with Gasteiger partial charge >= 0.3 is 5.63 Å². The number of rotatable bonds is 1. The molecule has 0 saturated carbocycles. The number of hydrogen-bond donors (Lipinski definition) is 2. The summed E-state index contributed by atoms with van der Waals surface area (Å²) in [5, 5.41) is 19.4. The van der Waals surface area contributed by atoms with Gasteiger partial charge in [0.15, 0.2) is 0 Å². The lowest BCUT2D eigenvalue weighted by molar-refractivity contribution is -0.0636. The summed E-state index contributed by atoms with van der Waals surface area (Å²) < 4.78 is 10.4. The van der Waals surface area contributed by atoms with Crippen LogP contribution in [0.1, 0.15) is 31.3 Å². The zero-order valence-corrected chi connectivity index (χ0v) is 9.58. The molecule has 0 radical (unpaired) electrons. The highest BCUT2D eigenvalue weighted by Crippen LogP contribution is 2.33. The van der Waals surface area contributed by atoms with Gasteiger partial charge in [0.25, 0.3) is 0 Å². The minimum absolute atomic E-state index is 0.0242. The van der Waals surface area contributed by atoms with Crippen LogP contribution in [0, 0.1) is 0 Å². The van der Waals surface area contributed by atoms with Gasteiger partial charge in [0.1, 0.15) is 35.4 Å². The molecular formula is C12H14O5. The van der Waals surface area contributed by atoms with Crippen LogP contribution in [0.25, 0.3) is 6.08 Å². The van der Waals surface area contributed by atoms with E-state index in [-0.39, 0.29) is 11.3 Å². The Balaban J connectivity index is 2.56. The third kappa shape index (κ3) is 1.99. The first kappa shape index (κ1) is 11.9. The maximum atomic E-state index is 11.7. The summed E-state index contributed by atoms with van der Waals surface area (Å²) in [5.74, 6) is 0.617. The molecule has 1 aliphatic heterocycles. The Morgan fingerprint density at radius 3 is 2.76 bits per heavy atom. The van der Waals surface area contributed by atoms with Gasteiger partial charge in [-0.15, -0.1) is 0 Å². The van der Waals surface area contributed by atoms with Crippen molar-refractivity contribution in [2.45, 2.75) is 32.2 Å². The van der Waals surface area contributed by atoms with Gasteiger partial charge in [0.05, 0.1) is 0 Å². The van der Waals surface area contributed by atoms with E-state index in [0.29, 0.717) is 5.76 Å². The fourth-order valence-electron chi connectivity index (χ4n) is 1.81. The molecule has 0 bridgehead atoms. The topological polar surface area (TPSA) is 79.9 Å². The summed E-state index contributed by atoms with van der Waals surface area (Å²) in [7, 11) is 0. The smallest absolute Gasteiger partial charge is 0.345 e. The van der Waals surface area contributed by atoms with Crippen LogP contribution in [-0.4, -0.2) is 22.4 Å². The third-order valence-corrected chi connectivity index (χ3v) is 2.71. The van der Waals surface area contributed by atoms with Crippen molar-refractivity contribution in [3.8, 4) is 5.75 Å². The first-order chi connectivity index (χ1) is 8.04. The SMILES string of the molecule is C/C=C/c1cc2c(c(=O)o1)[C@H](O)[C@@H](O)[C@H](C)O2. The molecule has 0 saturated heterocycles. The standard InChI is InChI=1S/C12H14O5/c1-3-4-7-5-8-9(12(15)17-7)11(14)10(13)6(2)16-8/h3-6,10-11,13-14H,1-2H3/b4-3+/t6-,10-,11-/m0/s1. The Kier molecular flexibility index (Phi) is 3.04. The zero-order chi connectivity index (χ0) is 12.6. The molecule has 2 N–H and O–H groups in total. The molecule has 1 aromatic heterocycles. The fourth-order valence-corrected chi connectivity index (χ4v) is 1.81. The van der Waals surface area contributed by atoms with E-state index < -0.39 is 23.9 Å². The highest BCUT2D eigenvalue weighted by Gasteiger charge is 2.36. The lowest BCUT2D eigenvalue weighted by atomic mass is 9.98. The second-order valence-electron chi connectivity index (χ2n) is 3.97. The normalized spacial score (nSPS) is 27.9. The third-order valence-electron chi connectivity index (χ3n) is 2.71. The van der Waals surface area contributed by atoms with Crippen LogP contribution >= 0.6 is 0 Å². The number of fused-ring (bicyclic) bond motifs is 1. The number of hydrogen-bond acceptors (Lipinski definition) is 5. The molecule has 0 aliphatic carbocycles. The first-order valence-corrected chi connectivity index (χ1v) is 5.38. The summed E-state index contributed by atoms with van der Waals surface area (Å²) in [6, 6.07) is 1.53. The average Bonchev–Trinajstić information content (AvgIpc) is 2.25. The van der Waals surface area contributed by atoms with Crippen LogP contribution in [0.3, 0.4) is 0 Å². The van der Waals surface area contributed by atoms with Gasteiger partial charge in [-0.25, -0.2) is 4.79 Å². The van der Waals surface area contributed by atoms with Crippen LogP contribution in [-0.2, 0) is 0 Å². The number of ether oxygens (including phenoxy) is 1. The molecule has 5 nitrogen and oxygen atoms in total. The van der Waals surface area contributed by atoms with Crippen LogP contribution in [0.5, 0.6) is 5.75 Å². The highest BCUT2D eigenvalue weighted by atomic mass is 16.5. The van der Waals surface area contributed by atoms with E-state index in [1.165, 1.54) is 6.07 Å². The van der Waals surface area contributed by atoms with E-state index >= 15 is 0 Å². The van der Waals surface area contributed by atoms with Gasteiger partial charge in [0.2, 0.25) is 0 Å². The summed E-state index contributed by atoms with van der Waals surface area (Å²) in [6.07, 6.45) is 0.371. The maximum Gasteiger partial charge on any atom is 0.345 e. The van der Waals surface area contributed by atoms with Crippen molar-refractivity contribution < 1.29 is 19.4 Å². The molecule has 0 spiro atoms. The molecule has 0 aromatic carbocycles. The average molecular weight is 238 g/mol. The maximum absolute atomic E-state index is 11.7. The van der Waals surface area contributed by atoms with Crippen molar-refractivity contribution in [1.29, 1.82) is 0 Å². The second-order valence-corrected chi connectivity index (χ2v) is 3.97. The Hall–Kier alpha value is -1.59. The Labute approximate surface area is 98.0 Å². The predicted molar refractivity (Wildman–Crippen MR) is 60.7 cm³/mol. The monoisotopic (exact) mass is 238 g/mol. The van der Waals surface area contributed by atoms with E-state index in [4.69, 9.17) is 9.15 Å². The van der Waals surface area contributed by atoms with Crippen molar-refractivity contribution in [2.24, 2.45) is 0 Å². The largest absolute Gasteiger partial charge is 0.487 e. The summed E-state index contributed by atoms with van der Waals surface area (Å²) in [5.41, 5.74) is -0.710. The lowest BCUT2D eigenvalue weighted by Crippen LogP contribution is -2.40. The highest BCUT2D eigenvalue weighted by molar-refractivity contribution is 5.47. The summed E-state index contributed by atoms with van der Waals surface area (Å²) in [6.45, 7) is 3.42. The van der Waals surface area contributed by atoms with E-state index in [9.17, 15) is 15.0 Å². The molecule has 3 atom stereocenters. The fraction of sp³-hybridized carbons (Fsp3) is 0.417. The molecule has 17 heavy (non-hydrogen) atoms. The predicted octanol–water partition coefficient (Wildman–Crippen LogP) is 0.848. The molecule has 0 unspecified atom stereocenters. The van der Waals surface area contributed by atoms with Crippen molar-refractivity contribution in [2.75, 3.05) is 0 Å². The Morgan fingerprint density at radius 1 is 1.41 bits per heavy atom. The van der Waals surface area contributed by atoms with Gasteiger partial charge in [-0.1, -0.05) is 6.08 Å². The van der Waals surface area contributed by atoms with Crippen molar-refractivity contribution in [3.63, 3.8) is 0 Å². The molecule has 0 fully saturated rings. The van der Waals surface area contributed by atoms with E-state index in [1.807, 2.05) is 0 Å². The number of aliphatic hydroxyl groups excluding tert-OH is 2. The quantitative estimate of drug-likeness (QED) is 0.758. The van der Waals surface area contributed by atoms with Gasteiger partial charge in [-0.2, -0.15) is 0 Å². The second kappa shape index (κ2) is 4.35. The van der Waals surface area contributed by atoms with Gasteiger partial charge in [-0.3, -0.25) is 0 Å². The first-order valence-electron chi connectivity index (χ1n) is 5.38. The molecule has 2 heterocycles.